The van der Waals surface area contributed by atoms with E-state index in [0.717, 1.165) is 10.9 Å². The molecule has 0 aliphatic carbocycles. The number of anilines is 1. The summed E-state index contributed by atoms with van der Waals surface area (Å²) >= 11 is 5.36. The Hall–Kier alpha value is -3.97. The van der Waals surface area contributed by atoms with E-state index in [1.165, 1.54) is 7.11 Å². The van der Waals surface area contributed by atoms with E-state index in [1.54, 1.807) is 42.5 Å². The van der Waals surface area contributed by atoms with Crippen LogP contribution in [0.2, 0.25) is 0 Å². The molecule has 0 saturated heterocycles. The van der Waals surface area contributed by atoms with Crippen LogP contribution in [0.1, 0.15) is 35.7 Å². The van der Waals surface area contributed by atoms with Crippen LogP contribution in [0.25, 0.3) is 22.1 Å². The number of benzene rings is 3. The molecule has 1 heterocycles. The quantitative estimate of drug-likeness (QED) is 0.286. The Bertz CT molecular complexity index is 1430. The lowest BCUT2D eigenvalue weighted by atomic mass is 10.0. The number of hydrogen-bond acceptors (Lipinski definition) is 5. The number of hydrogen-bond donors (Lipinski definition) is 2. The first-order valence-corrected chi connectivity index (χ1v) is 11.2. The fourth-order valence-corrected chi connectivity index (χ4v) is 3.79. The van der Waals surface area contributed by atoms with E-state index in [1.807, 2.05) is 30.3 Å². The number of thiocarbonyl (C=S) groups is 1. The van der Waals surface area contributed by atoms with E-state index in [0.29, 0.717) is 39.6 Å². The lowest BCUT2D eigenvalue weighted by Crippen LogP contribution is -2.34. The van der Waals surface area contributed by atoms with Gasteiger partial charge in [0.15, 0.2) is 5.11 Å². The van der Waals surface area contributed by atoms with Gasteiger partial charge in [-0.2, -0.15) is 0 Å². The maximum atomic E-state index is 12.6. The molecule has 172 valence electrons. The molecule has 0 atom stereocenters. The van der Waals surface area contributed by atoms with E-state index >= 15 is 0 Å². The van der Waals surface area contributed by atoms with Gasteiger partial charge in [-0.05, 0) is 65.7 Å². The average Bonchev–Trinajstić information content (AvgIpc) is 2.83. The monoisotopic (exact) mass is 472 g/mol. The molecule has 1 amide bonds. The highest BCUT2D eigenvalue weighted by Crippen LogP contribution is 2.30. The second kappa shape index (κ2) is 9.89. The van der Waals surface area contributed by atoms with Crippen LogP contribution < -0.4 is 21.0 Å². The topological polar surface area (TPSA) is 80.6 Å². The summed E-state index contributed by atoms with van der Waals surface area (Å²) in [5.41, 5.74) is 3.27. The Kier molecular flexibility index (Phi) is 6.75. The molecule has 0 saturated carbocycles. The Labute approximate surface area is 202 Å². The summed E-state index contributed by atoms with van der Waals surface area (Å²) in [4.78, 5) is 25.2. The molecule has 0 spiro atoms. The number of carbonyl (C=O) groups excluding carboxylic acids is 1. The first-order valence-electron chi connectivity index (χ1n) is 10.8. The summed E-state index contributed by atoms with van der Waals surface area (Å²) in [6, 6.07) is 21.7. The molecule has 0 aliphatic rings. The lowest BCUT2D eigenvalue weighted by Gasteiger charge is -2.14. The molecular weight excluding hydrogens is 448 g/mol. The van der Waals surface area contributed by atoms with Crippen molar-refractivity contribution in [1.82, 2.24) is 5.32 Å². The largest absolute Gasteiger partial charge is 0.495 e. The van der Waals surface area contributed by atoms with Crippen molar-refractivity contribution in [2.75, 3.05) is 12.4 Å². The summed E-state index contributed by atoms with van der Waals surface area (Å²) in [5.74, 6) is 0.564. The first-order chi connectivity index (χ1) is 16.4. The SMILES string of the molecule is COc1ccc(-c2cc3ccccc3oc2=O)cc1NC(=S)NC(=O)c1ccc(C(C)C)cc1. The number of ether oxygens (including phenoxy) is 1. The number of nitrogens with one attached hydrogen (secondary N) is 2. The standard InChI is InChI=1S/C27H24N2O4S/c1-16(2)17-8-10-18(11-9-17)25(30)29-27(34)28-22-15-19(12-13-24(22)32-3)21-14-20-6-4-5-7-23(20)33-26(21)31/h4-16H,1-3H3,(H2,28,29,30,34). The summed E-state index contributed by atoms with van der Waals surface area (Å²) in [5, 5.41) is 6.61. The normalized spacial score (nSPS) is 10.8. The van der Waals surface area contributed by atoms with E-state index < -0.39 is 5.63 Å². The van der Waals surface area contributed by atoms with E-state index in [-0.39, 0.29) is 11.0 Å². The number of carbonyl (C=O) groups is 1. The van der Waals surface area contributed by atoms with Crippen LogP contribution in [-0.2, 0) is 0 Å². The summed E-state index contributed by atoms with van der Waals surface area (Å²) < 4.78 is 10.9. The van der Waals surface area contributed by atoms with E-state index in [9.17, 15) is 9.59 Å². The first kappa shape index (κ1) is 23.2. The molecule has 4 aromatic rings. The van der Waals surface area contributed by atoms with Crippen molar-refractivity contribution >= 4 is 39.9 Å². The molecule has 4 rings (SSSR count). The highest BCUT2D eigenvalue weighted by atomic mass is 32.1. The highest BCUT2D eigenvalue weighted by Gasteiger charge is 2.14. The molecule has 6 nitrogen and oxygen atoms in total. The molecule has 0 radical (unpaired) electrons. The number of methoxy groups -OCH3 is 1. The van der Waals surface area contributed by atoms with Gasteiger partial charge in [0.2, 0.25) is 0 Å². The predicted octanol–water partition coefficient (Wildman–Crippen LogP) is 5.72. The summed E-state index contributed by atoms with van der Waals surface area (Å²) in [7, 11) is 1.53. The number of rotatable bonds is 5. The van der Waals surface area contributed by atoms with Gasteiger partial charge in [-0.25, -0.2) is 4.79 Å². The van der Waals surface area contributed by atoms with Crippen LogP contribution in [0.4, 0.5) is 5.69 Å². The highest BCUT2D eigenvalue weighted by molar-refractivity contribution is 7.80. The second-order valence-corrected chi connectivity index (χ2v) is 8.49. The van der Waals surface area contributed by atoms with Gasteiger partial charge in [0.05, 0.1) is 18.4 Å². The van der Waals surface area contributed by atoms with Crippen molar-refractivity contribution in [2.45, 2.75) is 19.8 Å². The van der Waals surface area contributed by atoms with Gasteiger partial charge >= 0.3 is 5.63 Å². The Morgan fingerprint density at radius 2 is 1.74 bits per heavy atom. The molecule has 0 bridgehead atoms. The Morgan fingerprint density at radius 3 is 2.44 bits per heavy atom. The third-order valence-corrected chi connectivity index (χ3v) is 5.67. The van der Waals surface area contributed by atoms with E-state index in [2.05, 4.69) is 24.5 Å². The molecular formula is C27H24N2O4S. The number of para-hydroxylation sites is 1. The third-order valence-electron chi connectivity index (χ3n) is 5.47. The van der Waals surface area contributed by atoms with Gasteiger partial charge in [-0.1, -0.05) is 50.2 Å². The van der Waals surface area contributed by atoms with Crippen LogP contribution in [0.15, 0.2) is 82.0 Å². The zero-order valence-corrected chi connectivity index (χ0v) is 19.9. The minimum Gasteiger partial charge on any atom is -0.495 e. The van der Waals surface area contributed by atoms with Crippen molar-refractivity contribution in [1.29, 1.82) is 0 Å². The predicted molar refractivity (Wildman–Crippen MR) is 139 cm³/mol. The van der Waals surface area contributed by atoms with Crippen molar-refractivity contribution < 1.29 is 13.9 Å². The minimum atomic E-state index is -0.449. The molecule has 7 heteroatoms. The van der Waals surface area contributed by atoms with Gasteiger partial charge < -0.3 is 14.5 Å². The maximum Gasteiger partial charge on any atom is 0.344 e. The zero-order chi connectivity index (χ0) is 24.2. The van der Waals surface area contributed by atoms with Crippen LogP contribution in [0, 0.1) is 0 Å². The van der Waals surface area contributed by atoms with Gasteiger partial charge in [0, 0.05) is 10.9 Å². The maximum absolute atomic E-state index is 12.6. The number of fused-ring (bicyclic) bond motifs is 1. The number of amides is 1. The van der Waals surface area contributed by atoms with Crippen molar-refractivity contribution in [3.05, 3.63) is 94.3 Å². The van der Waals surface area contributed by atoms with Crippen molar-refractivity contribution in [3.8, 4) is 16.9 Å². The molecule has 0 unspecified atom stereocenters. The third kappa shape index (κ3) is 5.00. The average molecular weight is 473 g/mol. The van der Waals surface area contributed by atoms with Crippen molar-refractivity contribution in [3.63, 3.8) is 0 Å². The Morgan fingerprint density at radius 1 is 1.00 bits per heavy atom. The van der Waals surface area contributed by atoms with E-state index in [4.69, 9.17) is 21.4 Å². The van der Waals surface area contributed by atoms with Gasteiger partial charge in [0.25, 0.3) is 5.91 Å². The summed E-state index contributed by atoms with van der Waals surface area (Å²) in [6.45, 7) is 4.19. The van der Waals surface area contributed by atoms with Crippen LogP contribution in [0.3, 0.4) is 0 Å². The van der Waals surface area contributed by atoms with Crippen LogP contribution in [0.5, 0.6) is 5.75 Å². The van der Waals surface area contributed by atoms with Crippen LogP contribution >= 0.6 is 12.2 Å². The molecule has 3 aromatic carbocycles. The van der Waals surface area contributed by atoms with Crippen LogP contribution in [-0.4, -0.2) is 18.1 Å². The van der Waals surface area contributed by atoms with Gasteiger partial charge in [-0.3, -0.25) is 10.1 Å². The Balaban J connectivity index is 1.56. The smallest absolute Gasteiger partial charge is 0.344 e. The molecule has 0 fully saturated rings. The molecule has 0 aliphatic heterocycles. The second-order valence-electron chi connectivity index (χ2n) is 8.09. The fourth-order valence-electron chi connectivity index (χ4n) is 3.58. The molecule has 2 N–H and O–H groups in total. The lowest BCUT2D eigenvalue weighted by molar-refractivity contribution is 0.0977. The zero-order valence-electron chi connectivity index (χ0n) is 19.0. The fraction of sp³-hybridized carbons (Fsp3) is 0.148. The summed E-state index contributed by atoms with van der Waals surface area (Å²) in [6.07, 6.45) is 0. The van der Waals surface area contributed by atoms with Gasteiger partial charge in [-0.15, -0.1) is 0 Å². The molecule has 1 aromatic heterocycles. The van der Waals surface area contributed by atoms with Crippen molar-refractivity contribution in [2.24, 2.45) is 0 Å². The molecule has 34 heavy (non-hydrogen) atoms. The van der Waals surface area contributed by atoms with Gasteiger partial charge in [0.1, 0.15) is 11.3 Å². The minimum absolute atomic E-state index is 0.110.